The zero-order valence-electron chi connectivity index (χ0n) is 11.6. The molecular formula is C18H16BrNO. The van der Waals surface area contributed by atoms with Crippen molar-refractivity contribution >= 4 is 26.7 Å². The summed E-state index contributed by atoms with van der Waals surface area (Å²) in [5.41, 5.74) is 8.10. The van der Waals surface area contributed by atoms with Crippen LogP contribution in [-0.4, -0.2) is 0 Å². The molecule has 0 unspecified atom stereocenters. The van der Waals surface area contributed by atoms with Gasteiger partial charge in [-0.15, -0.1) is 0 Å². The molecular weight excluding hydrogens is 326 g/mol. The Balaban J connectivity index is 1.92. The van der Waals surface area contributed by atoms with Gasteiger partial charge in [0.05, 0.1) is 0 Å². The van der Waals surface area contributed by atoms with Gasteiger partial charge in [-0.1, -0.05) is 64.5 Å². The first kappa shape index (κ1) is 14.1. The van der Waals surface area contributed by atoms with Crippen LogP contribution in [0.4, 0.5) is 0 Å². The first-order chi connectivity index (χ1) is 10.3. The smallest absolute Gasteiger partial charge is 0.124 e. The summed E-state index contributed by atoms with van der Waals surface area (Å²) in [4.78, 5) is 0. The highest BCUT2D eigenvalue weighted by Gasteiger charge is 2.08. The van der Waals surface area contributed by atoms with Crippen molar-refractivity contribution in [3.8, 4) is 5.75 Å². The van der Waals surface area contributed by atoms with E-state index < -0.39 is 0 Å². The Morgan fingerprint density at radius 3 is 2.48 bits per heavy atom. The fraction of sp³-hybridized carbons (Fsp3) is 0.111. The van der Waals surface area contributed by atoms with E-state index in [9.17, 15) is 0 Å². The van der Waals surface area contributed by atoms with E-state index in [1.807, 2.05) is 42.5 Å². The molecule has 0 saturated carbocycles. The predicted octanol–water partition coefficient (Wildman–Crippen LogP) is 4.64. The summed E-state index contributed by atoms with van der Waals surface area (Å²) < 4.78 is 7.05. The molecule has 2 nitrogen and oxygen atoms in total. The van der Waals surface area contributed by atoms with Crippen molar-refractivity contribution in [1.82, 2.24) is 0 Å². The number of ether oxygens (including phenoxy) is 1. The van der Waals surface area contributed by atoms with Gasteiger partial charge in [-0.25, -0.2) is 0 Å². The van der Waals surface area contributed by atoms with E-state index in [-0.39, 0.29) is 0 Å². The average molecular weight is 342 g/mol. The van der Waals surface area contributed by atoms with Gasteiger partial charge in [0.15, 0.2) is 0 Å². The Kier molecular flexibility index (Phi) is 4.23. The van der Waals surface area contributed by atoms with Crippen molar-refractivity contribution in [2.75, 3.05) is 0 Å². The first-order valence-corrected chi connectivity index (χ1v) is 7.66. The van der Waals surface area contributed by atoms with E-state index in [1.54, 1.807) is 0 Å². The molecule has 0 aliphatic heterocycles. The van der Waals surface area contributed by atoms with E-state index >= 15 is 0 Å². The molecule has 2 N–H and O–H groups in total. The second-order valence-electron chi connectivity index (χ2n) is 4.85. The van der Waals surface area contributed by atoms with Gasteiger partial charge in [0.2, 0.25) is 0 Å². The van der Waals surface area contributed by atoms with Gasteiger partial charge in [0.25, 0.3) is 0 Å². The predicted molar refractivity (Wildman–Crippen MR) is 90.3 cm³/mol. The normalized spacial score (nSPS) is 10.8. The van der Waals surface area contributed by atoms with E-state index in [0.29, 0.717) is 13.2 Å². The van der Waals surface area contributed by atoms with Gasteiger partial charge < -0.3 is 10.5 Å². The van der Waals surface area contributed by atoms with Crippen molar-refractivity contribution in [2.24, 2.45) is 5.73 Å². The number of hydrogen-bond acceptors (Lipinski definition) is 2. The quantitative estimate of drug-likeness (QED) is 0.750. The van der Waals surface area contributed by atoms with Gasteiger partial charge in [0.1, 0.15) is 12.4 Å². The monoisotopic (exact) mass is 341 g/mol. The first-order valence-electron chi connectivity index (χ1n) is 6.86. The molecule has 3 aromatic carbocycles. The SMILES string of the molecule is NCc1c(OCc2ccccc2Br)ccc2ccccc12. The molecule has 0 atom stereocenters. The lowest BCUT2D eigenvalue weighted by atomic mass is 10.0. The minimum absolute atomic E-state index is 0.465. The number of halogens is 1. The summed E-state index contributed by atoms with van der Waals surface area (Å²) in [5, 5.41) is 2.34. The lowest BCUT2D eigenvalue weighted by molar-refractivity contribution is 0.303. The number of nitrogens with two attached hydrogens (primary N) is 1. The molecule has 3 aromatic rings. The lowest BCUT2D eigenvalue weighted by Gasteiger charge is -2.13. The minimum atomic E-state index is 0.465. The highest BCUT2D eigenvalue weighted by Crippen LogP contribution is 2.29. The maximum Gasteiger partial charge on any atom is 0.124 e. The van der Waals surface area contributed by atoms with Gasteiger partial charge in [-0.2, -0.15) is 0 Å². The number of benzene rings is 3. The van der Waals surface area contributed by atoms with Crippen LogP contribution in [0.5, 0.6) is 5.75 Å². The molecule has 0 bridgehead atoms. The van der Waals surface area contributed by atoms with E-state index in [0.717, 1.165) is 26.7 Å². The van der Waals surface area contributed by atoms with Gasteiger partial charge >= 0.3 is 0 Å². The number of fused-ring (bicyclic) bond motifs is 1. The van der Waals surface area contributed by atoms with Crippen LogP contribution < -0.4 is 10.5 Å². The van der Waals surface area contributed by atoms with Gasteiger partial charge in [0, 0.05) is 22.1 Å². The molecule has 0 aromatic heterocycles. The van der Waals surface area contributed by atoms with Crippen LogP contribution >= 0.6 is 15.9 Å². The summed E-state index contributed by atoms with van der Waals surface area (Å²) in [6, 6.07) is 20.4. The topological polar surface area (TPSA) is 35.2 Å². The summed E-state index contributed by atoms with van der Waals surface area (Å²) >= 11 is 3.54. The molecule has 3 rings (SSSR count). The molecule has 0 aliphatic rings. The molecule has 106 valence electrons. The van der Waals surface area contributed by atoms with E-state index in [1.165, 1.54) is 5.39 Å². The van der Waals surface area contributed by atoms with E-state index in [4.69, 9.17) is 10.5 Å². The van der Waals surface area contributed by atoms with Crippen molar-refractivity contribution in [3.05, 3.63) is 76.3 Å². The molecule has 3 heteroatoms. The summed E-state index contributed by atoms with van der Waals surface area (Å²) in [5.74, 6) is 0.854. The van der Waals surface area contributed by atoms with E-state index in [2.05, 4.69) is 34.1 Å². The standard InChI is InChI=1S/C18H16BrNO/c19-17-8-4-2-6-14(17)12-21-18-10-9-13-5-1-3-7-15(13)16(18)11-20/h1-10H,11-12,20H2. The Labute approximate surface area is 132 Å². The minimum Gasteiger partial charge on any atom is -0.489 e. The molecule has 21 heavy (non-hydrogen) atoms. The fourth-order valence-corrected chi connectivity index (χ4v) is 2.83. The third kappa shape index (κ3) is 2.94. The molecule has 0 amide bonds. The van der Waals surface area contributed by atoms with Crippen LogP contribution in [0.3, 0.4) is 0 Å². The zero-order chi connectivity index (χ0) is 14.7. The fourth-order valence-electron chi connectivity index (χ4n) is 2.43. The van der Waals surface area contributed by atoms with Crippen LogP contribution in [0.2, 0.25) is 0 Å². The summed E-state index contributed by atoms with van der Waals surface area (Å²) in [6.45, 7) is 0.986. The highest BCUT2D eigenvalue weighted by molar-refractivity contribution is 9.10. The second-order valence-corrected chi connectivity index (χ2v) is 5.70. The summed E-state index contributed by atoms with van der Waals surface area (Å²) in [7, 11) is 0. The third-order valence-corrected chi connectivity index (χ3v) is 4.32. The Morgan fingerprint density at radius 1 is 0.905 bits per heavy atom. The third-order valence-electron chi connectivity index (χ3n) is 3.54. The Morgan fingerprint density at radius 2 is 1.67 bits per heavy atom. The van der Waals surface area contributed by atoms with Crippen LogP contribution in [0.1, 0.15) is 11.1 Å². The molecule has 0 aliphatic carbocycles. The van der Waals surface area contributed by atoms with Crippen LogP contribution in [-0.2, 0) is 13.2 Å². The highest BCUT2D eigenvalue weighted by atomic mass is 79.9. The summed E-state index contributed by atoms with van der Waals surface area (Å²) in [6.07, 6.45) is 0. The van der Waals surface area contributed by atoms with Gasteiger partial charge in [-0.05, 0) is 22.9 Å². The Bertz CT molecular complexity index is 770. The second kappa shape index (κ2) is 6.29. The number of hydrogen-bond donors (Lipinski definition) is 1. The van der Waals surface area contributed by atoms with Crippen LogP contribution in [0, 0.1) is 0 Å². The molecule has 0 saturated heterocycles. The van der Waals surface area contributed by atoms with Crippen LogP contribution in [0.15, 0.2) is 65.1 Å². The van der Waals surface area contributed by atoms with Crippen LogP contribution in [0.25, 0.3) is 10.8 Å². The molecule has 0 radical (unpaired) electrons. The largest absolute Gasteiger partial charge is 0.489 e. The van der Waals surface area contributed by atoms with Crippen molar-refractivity contribution < 1.29 is 4.74 Å². The van der Waals surface area contributed by atoms with Crippen molar-refractivity contribution in [3.63, 3.8) is 0 Å². The molecule has 0 fully saturated rings. The maximum atomic E-state index is 5.99. The van der Waals surface area contributed by atoms with Crippen molar-refractivity contribution in [1.29, 1.82) is 0 Å². The van der Waals surface area contributed by atoms with Crippen molar-refractivity contribution in [2.45, 2.75) is 13.2 Å². The van der Waals surface area contributed by atoms with Gasteiger partial charge in [-0.3, -0.25) is 0 Å². The zero-order valence-corrected chi connectivity index (χ0v) is 13.1. The lowest BCUT2D eigenvalue weighted by Crippen LogP contribution is -2.04. The maximum absolute atomic E-state index is 5.99. The molecule has 0 heterocycles. The number of rotatable bonds is 4. The Hall–Kier alpha value is -1.84. The molecule has 0 spiro atoms. The average Bonchev–Trinajstić information content (AvgIpc) is 2.53.